The van der Waals surface area contributed by atoms with Gasteiger partial charge in [-0.3, -0.25) is 4.79 Å². The SMILES string of the molecule is CCOc1ccccc1OCCCC(=O)Nc1cc(C(C)(C)C)nn1-c1ccccn1. The van der Waals surface area contributed by atoms with E-state index in [1.807, 2.05) is 55.5 Å². The molecule has 0 radical (unpaired) electrons. The summed E-state index contributed by atoms with van der Waals surface area (Å²) >= 11 is 0. The molecule has 0 bridgehead atoms. The number of anilines is 1. The molecule has 3 aromatic rings. The van der Waals surface area contributed by atoms with Crippen LogP contribution in [-0.4, -0.2) is 33.9 Å². The van der Waals surface area contributed by atoms with Gasteiger partial charge < -0.3 is 14.8 Å². The van der Waals surface area contributed by atoms with Gasteiger partial charge in [-0.1, -0.05) is 39.0 Å². The van der Waals surface area contributed by atoms with E-state index in [-0.39, 0.29) is 11.3 Å². The van der Waals surface area contributed by atoms with Gasteiger partial charge in [-0.15, -0.1) is 0 Å². The van der Waals surface area contributed by atoms with Crippen LogP contribution in [0.1, 0.15) is 46.2 Å². The standard InChI is InChI=1S/C24H30N4O3/c1-5-30-18-11-6-7-12-19(18)31-16-10-14-23(29)26-22-17-20(24(2,3)4)27-28(22)21-13-8-9-15-25-21/h6-9,11-13,15,17H,5,10,14,16H2,1-4H3,(H,26,29). The zero-order valence-electron chi connectivity index (χ0n) is 18.6. The van der Waals surface area contributed by atoms with Crippen LogP contribution in [0, 0.1) is 0 Å². The molecule has 3 rings (SSSR count). The minimum atomic E-state index is -0.151. The lowest BCUT2D eigenvalue weighted by molar-refractivity contribution is -0.116. The van der Waals surface area contributed by atoms with Crippen molar-refractivity contribution in [2.45, 2.75) is 46.0 Å². The number of rotatable bonds is 9. The molecule has 2 heterocycles. The molecular weight excluding hydrogens is 392 g/mol. The van der Waals surface area contributed by atoms with Gasteiger partial charge >= 0.3 is 0 Å². The first kappa shape index (κ1) is 22.3. The third kappa shape index (κ3) is 6.07. The number of hydrogen-bond donors (Lipinski definition) is 1. The highest BCUT2D eigenvalue weighted by atomic mass is 16.5. The van der Waals surface area contributed by atoms with Crippen LogP contribution in [0.2, 0.25) is 0 Å². The summed E-state index contributed by atoms with van der Waals surface area (Å²) in [5.74, 6) is 2.57. The highest BCUT2D eigenvalue weighted by Crippen LogP contribution is 2.27. The second kappa shape index (κ2) is 10.1. The zero-order valence-corrected chi connectivity index (χ0v) is 18.6. The Morgan fingerprint density at radius 3 is 2.42 bits per heavy atom. The maximum absolute atomic E-state index is 12.6. The number of pyridine rings is 1. The van der Waals surface area contributed by atoms with Gasteiger partial charge in [0.1, 0.15) is 5.82 Å². The second-order valence-electron chi connectivity index (χ2n) is 8.14. The Morgan fingerprint density at radius 1 is 1.06 bits per heavy atom. The second-order valence-corrected chi connectivity index (χ2v) is 8.14. The molecule has 0 aliphatic carbocycles. The van der Waals surface area contributed by atoms with E-state index in [9.17, 15) is 4.79 Å². The van der Waals surface area contributed by atoms with E-state index in [0.717, 1.165) is 5.69 Å². The molecule has 7 nitrogen and oxygen atoms in total. The summed E-state index contributed by atoms with van der Waals surface area (Å²) in [5.41, 5.74) is 0.728. The number of para-hydroxylation sites is 2. The average molecular weight is 423 g/mol. The van der Waals surface area contributed by atoms with Gasteiger partial charge in [-0.2, -0.15) is 9.78 Å². The third-order valence-electron chi connectivity index (χ3n) is 4.57. The first-order chi connectivity index (χ1) is 14.9. The Balaban J connectivity index is 1.61. The lowest BCUT2D eigenvalue weighted by Gasteiger charge is -2.13. The maximum Gasteiger partial charge on any atom is 0.225 e. The summed E-state index contributed by atoms with van der Waals surface area (Å²) in [7, 11) is 0. The van der Waals surface area contributed by atoms with Gasteiger partial charge in [0, 0.05) is 24.1 Å². The molecule has 0 atom stereocenters. The number of aromatic nitrogens is 3. The van der Waals surface area contributed by atoms with Crippen molar-refractivity contribution in [1.82, 2.24) is 14.8 Å². The molecule has 0 unspecified atom stereocenters. The Hall–Kier alpha value is -3.35. The zero-order chi connectivity index (χ0) is 22.3. The molecule has 0 aliphatic heterocycles. The number of nitrogens with zero attached hydrogens (tertiary/aromatic N) is 3. The van der Waals surface area contributed by atoms with E-state index in [4.69, 9.17) is 9.47 Å². The van der Waals surface area contributed by atoms with Crippen molar-refractivity contribution < 1.29 is 14.3 Å². The van der Waals surface area contributed by atoms with Crippen molar-refractivity contribution >= 4 is 11.7 Å². The van der Waals surface area contributed by atoms with Crippen LogP contribution in [0.3, 0.4) is 0 Å². The van der Waals surface area contributed by atoms with Crippen LogP contribution in [-0.2, 0) is 10.2 Å². The fraction of sp³-hybridized carbons (Fsp3) is 0.375. The fourth-order valence-electron chi connectivity index (χ4n) is 2.95. The number of nitrogens with one attached hydrogen (secondary N) is 1. The number of benzene rings is 1. The summed E-state index contributed by atoms with van der Waals surface area (Å²) in [5, 5.41) is 7.64. The normalized spacial score (nSPS) is 11.2. The Bertz CT molecular complexity index is 994. The van der Waals surface area contributed by atoms with E-state index in [1.165, 1.54) is 0 Å². The summed E-state index contributed by atoms with van der Waals surface area (Å²) in [6, 6.07) is 15.0. The number of carbonyl (C=O) groups excluding carboxylic acids is 1. The smallest absolute Gasteiger partial charge is 0.225 e. The number of amides is 1. The molecule has 1 aromatic carbocycles. The predicted molar refractivity (Wildman–Crippen MR) is 121 cm³/mol. The minimum absolute atomic E-state index is 0.0979. The van der Waals surface area contributed by atoms with Gasteiger partial charge in [0.15, 0.2) is 17.3 Å². The molecule has 7 heteroatoms. The lowest BCUT2D eigenvalue weighted by atomic mass is 9.92. The van der Waals surface area contributed by atoms with Gasteiger partial charge in [-0.25, -0.2) is 4.98 Å². The monoisotopic (exact) mass is 422 g/mol. The maximum atomic E-state index is 12.6. The van der Waals surface area contributed by atoms with Crippen molar-refractivity contribution in [2.75, 3.05) is 18.5 Å². The van der Waals surface area contributed by atoms with Crippen molar-refractivity contribution in [1.29, 1.82) is 0 Å². The molecule has 31 heavy (non-hydrogen) atoms. The largest absolute Gasteiger partial charge is 0.490 e. The number of carbonyl (C=O) groups is 1. The fourth-order valence-corrected chi connectivity index (χ4v) is 2.95. The van der Waals surface area contributed by atoms with Crippen molar-refractivity contribution in [3.63, 3.8) is 0 Å². The Labute approximate surface area is 183 Å². The van der Waals surface area contributed by atoms with Crippen molar-refractivity contribution in [3.8, 4) is 17.3 Å². The Morgan fingerprint density at radius 2 is 1.77 bits per heavy atom. The molecule has 1 N–H and O–H groups in total. The van der Waals surface area contributed by atoms with Crippen LogP contribution in [0.25, 0.3) is 5.82 Å². The first-order valence-corrected chi connectivity index (χ1v) is 10.5. The lowest BCUT2D eigenvalue weighted by Crippen LogP contribution is -2.16. The molecule has 164 valence electrons. The van der Waals surface area contributed by atoms with Crippen LogP contribution in [0.15, 0.2) is 54.7 Å². The van der Waals surface area contributed by atoms with E-state index in [1.54, 1.807) is 10.9 Å². The minimum Gasteiger partial charge on any atom is -0.490 e. The molecule has 0 aliphatic rings. The highest BCUT2D eigenvalue weighted by molar-refractivity contribution is 5.90. The van der Waals surface area contributed by atoms with E-state index < -0.39 is 0 Å². The molecule has 0 saturated heterocycles. The number of ether oxygens (including phenoxy) is 2. The first-order valence-electron chi connectivity index (χ1n) is 10.5. The van der Waals surface area contributed by atoms with Crippen LogP contribution in [0.5, 0.6) is 11.5 Å². The molecule has 0 saturated carbocycles. The highest BCUT2D eigenvalue weighted by Gasteiger charge is 2.21. The van der Waals surface area contributed by atoms with E-state index in [0.29, 0.717) is 49.2 Å². The summed E-state index contributed by atoms with van der Waals surface area (Å²) < 4.78 is 13.0. The Kier molecular flexibility index (Phi) is 7.28. The molecule has 0 fully saturated rings. The van der Waals surface area contributed by atoms with Crippen LogP contribution in [0.4, 0.5) is 5.82 Å². The van der Waals surface area contributed by atoms with Gasteiger partial charge in [0.2, 0.25) is 5.91 Å². The van der Waals surface area contributed by atoms with Gasteiger partial charge in [0.25, 0.3) is 0 Å². The molecular formula is C24H30N4O3. The van der Waals surface area contributed by atoms with Crippen LogP contribution >= 0.6 is 0 Å². The third-order valence-corrected chi connectivity index (χ3v) is 4.57. The average Bonchev–Trinajstić information content (AvgIpc) is 3.17. The van der Waals surface area contributed by atoms with Crippen LogP contribution < -0.4 is 14.8 Å². The topological polar surface area (TPSA) is 78.3 Å². The molecule has 0 spiro atoms. The molecule has 1 amide bonds. The van der Waals surface area contributed by atoms with Gasteiger partial charge in [-0.05, 0) is 37.6 Å². The van der Waals surface area contributed by atoms with Gasteiger partial charge in [0.05, 0.1) is 18.9 Å². The van der Waals surface area contributed by atoms with Crippen molar-refractivity contribution in [3.05, 3.63) is 60.4 Å². The van der Waals surface area contributed by atoms with Crippen molar-refractivity contribution in [2.24, 2.45) is 0 Å². The molecule has 2 aromatic heterocycles. The summed E-state index contributed by atoms with van der Waals surface area (Å²) in [6.07, 6.45) is 2.61. The number of hydrogen-bond acceptors (Lipinski definition) is 5. The van der Waals surface area contributed by atoms with E-state index >= 15 is 0 Å². The quantitative estimate of drug-likeness (QED) is 0.503. The van der Waals surface area contributed by atoms with E-state index in [2.05, 4.69) is 36.2 Å². The predicted octanol–water partition coefficient (Wildman–Crippen LogP) is 4.76. The summed E-state index contributed by atoms with van der Waals surface area (Å²) in [6.45, 7) is 9.18. The summed E-state index contributed by atoms with van der Waals surface area (Å²) in [4.78, 5) is 16.9.